The van der Waals surface area contributed by atoms with Gasteiger partial charge in [-0.05, 0) is 43.3 Å². The highest BCUT2D eigenvalue weighted by Crippen LogP contribution is 2.31. The Balaban J connectivity index is 1.69. The van der Waals surface area contributed by atoms with Gasteiger partial charge in [0.25, 0.3) is 0 Å². The van der Waals surface area contributed by atoms with Crippen molar-refractivity contribution in [1.82, 2.24) is 9.88 Å². The molecule has 1 saturated carbocycles. The molecule has 5 heteroatoms. The molecule has 2 aromatic heterocycles. The zero-order chi connectivity index (χ0) is 14.7. The lowest BCUT2D eigenvalue weighted by molar-refractivity contribution is 0.160. The van der Waals surface area contributed by atoms with Crippen LogP contribution in [0.25, 0.3) is 10.6 Å². The smallest absolute Gasteiger partial charge is 0.124 e. The lowest BCUT2D eigenvalue weighted by Crippen LogP contribution is -2.39. The molecule has 1 aliphatic rings. The Morgan fingerprint density at radius 2 is 2.29 bits per heavy atom. The Bertz CT molecular complexity index is 550. The molecule has 3 nitrogen and oxygen atoms in total. The molecule has 0 saturated heterocycles. The molecule has 114 valence electrons. The summed E-state index contributed by atoms with van der Waals surface area (Å²) >= 11 is 3.48. The van der Waals surface area contributed by atoms with Gasteiger partial charge >= 0.3 is 0 Å². The zero-order valence-corrected chi connectivity index (χ0v) is 14.1. The Hall–Kier alpha value is -0.750. The van der Waals surface area contributed by atoms with Crippen molar-refractivity contribution in [3.05, 3.63) is 27.9 Å². The fourth-order valence-corrected chi connectivity index (χ4v) is 4.87. The Kier molecular flexibility index (Phi) is 5.06. The van der Waals surface area contributed by atoms with Crippen LogP contribution in [0.3, 0.4) is 0 Å². The molecule has 0 aliphatic heterocycles. The summed E-state index contributed by atoms with van der Waals surface area (Å²) in [4.78, 5) is 7.38. The molecule has 1 aliphatic carbocycles. The van der Waals surface area contributed by atoms with Crippen molar-refractivity contribution in [1.29, 1.82) is 0 Å². The second-order valence-electron chi connectivity index (χ2n) is 5.71. The predicted molar refractivity (Wildman–Crippen MR) is 91.7 cm³/mol. The van der Waals surface area contributed by atoms with Crippen LogP contribution in [0.5, 0.6) is 0 Å². The average molecular weight is 322 g/mol. The first kappa shape index (κ1) is 15.2. The summed E-state index contributed by atoms with van der Waals surface area (Å²) in [7, 11) is 0. The van der Waals surface area contributed by atoms with Crippen LogP contribution in [-0.2, 0) is 6.54 Å². The fraction of sp³-hybridized carbons (Fsp3) is 0.562. The van der Waals surface area contributed by atoms with Crippen LogP contribution in [-0.4, -0.2) is 29.0 Å². The largest absolute Gasteiger partial charge is 0.330 e. The van der Waals surface area contributed by atoms with Crippen molar-refractivity contribution in [3.63, 3.8) is 0 Å². The number of hydrogen-bond acceptors (Lipinski definition) is 5. The van der Waals surface area contributed by atoms with Crippen LogP contribution >= 0.6 is 22.7 Å². The standard InChI is InChI=1S/C16H23N3S2/c1-2-19(15-5-3-4-12(15)8-17)9-14-11-21-16(18-14)13-6-7-20-10-13/h6-7,10-12,15H,2-5,8-9,17H2,1H3. The van der Waals surface area contributed by atoms with Crippen LogP contribution < -0.4 is 5.73 Å². The van der Waals surface area contributed by atoms with Gasteiger partial charge in [-0.1, -0.05) is 13.3 Å². The molecule has 2 heterocycles. The molecule has 0 amide bonds. The molecule has 0 spiro atoms. The fourth-order valence-electron chi connectivity index (χ4n) is 3.34. The number of aromatic nitrogens is 1. The van der Waals surface area contributed by atoms with E-state index in [9.17, 15) is 0 Å². The van der Waals surface area contributed by atoms with Gasteiger partial charge in [-0.2, -0.15) is 11.3 Å². The summed E-state index contributed by atoms with van der Waals surface area (Å²) in [6.45, 7) is 5.10. The van der Waals surface area contributed by atoms with E-state index in [4.69, 9.17) is 10.7 Å². The average Bonchev–Trinajstić information content (AvgIpc) is 3.23. The number of thiazole rings is 1. The van der Waals surface area contributed by atoms with E-state index in [0.29, 0.717) is 12.0 Å². The molecule has 2 N–H and O–H groups in total. The van der Waals surface area contributed by atoms with Gasteiger partial charge in [0, 0.05) is 28.9 Å². The third kappa shape index (κ3) is 3.37. The molecule has 2 aromatic rings. The minimum atomic E-state index is 0.645. The van der Waals surface area contributed by atoms with E-state index >= 15 is 0 Å². The molecular formula is C16H23N3S2. The number of hydrogen-bond donors (Lipinski definition) is 1. The van der Waals surface area contributed by atoms with Crippen molar-refractivity contribution < 1.29 is 0 Å². The normalized spacial score (nSPS) is 22.2. The summed E-state index contributed by atoms with van der Waals surface area (Å²) < 4.78 is 0. The van der Waals surface area contributed by atoms with Gasteiger partial charge in [0.05, 0.1) is 5.69 Å². The highest BCUT2D eigenvalue weighted by atomic mass is 32.1. The molecule has 0 radical (unpaired) electrons. The van der Waals surface area contributed by atoms with Crippen LogP contribution in [0.2, 0.25) is 0 Å². The second kappa shape index (κ2) is 7.01. The van der Waals surface area contributed by atoms with Crippen molar-refractivity contribution in [2.45, 2.75) is 38.8 Å². The number of nitrogens with two attached hydrogens (primary N) is 1. The first-order valence-corrected chi connectivity index (χ1v) is 9.55. The molecule has 0 aromatic carbocycles. The first-order valence-electron chi connectivity index (χ1n) is 7.73. The maximum Gasteiger partial charge on any atom is 0.124 e. The van der Waals surface area contributed by atoms with Gasteiger partial charge in [0.2, 0.25) is 0 Å². The number of nitrogens with zero attached hydrogens (tertiary/aromatic N) is 2. The predicted octanol–water partition coefficient (Wildman–Crippen LogP) is 3.82. The highest BCUT2D eigenvalue weighted by Gasteiger charge is 2.30. The van der Waals surface area contributed by atoms with Gasteiger partial charge in [0.15, 0.2) is 0 Å². The van der Waals surface area contributed by atoms with E-state index in [1.54, 1.807) is 22.7 Å². The van der Waals surface area contributed by atoms with Crippen LogP contribution in [0.4, 0.5) is 0 Å². The van der Waals surface area contributed by atoms with E-state index in [0.717, 1.165) is 24.6 Å². The molecule has 21 heavy (non-hydrogen) atoms. The van der Waals surface area contributed by atoms with E-state index in [2.05, 4.69) is 34.0 Å². The summed E-state index contributed by atoms with van der Waals surface area (Å²) in [5, 5.41) is 7.63. The SMILES string of the molecule is CCN(Cc1csc(-c2ccsc2)n1)C1CCCC1CN. The lowest BCUT2D eigenvalue weighted by atomic mass is 10.0. The van der Waals surface area contributed by atoms with Crippen LogP contribution in [0.15, 0.2) is 22.2 Å². The van der Waals surface area contributed by atoms with Gasteiger partial charge < -0.3 is 5.73 Å². The minimum Gasteiger partial charge on any atom is -0.330 e. The quantitative estimate of drug-likeness (QED) is 0.879. The molecule has 3 rings (SSSR count). The summed E-state index contributed by atoms with van der Waals surface area (Å²) in [6.07, 6.45) is 3.90. The maximum absolute atomic E-state index is 5.94. The molecular weight excluding hydrogens is 298 g/mol. The van der Waals surface area contributed by atoms with Crippen LogP contribution in [0, 0.1) is 5.92 Å². The van der Waals surface area contributed by atoms with E-state index in [1.807, 2.05) is 0 Å². The molecule has 1 fully saturated rings. The van der Waals surface area contributed by atoms with Crippen molar-refractivity contribution in [2.75, 3.05) is 13.1 Å². The Morgan fingerprint density at radius 1 is 1.38 bits per heavy atom. The first-order chi connectivity index (χ1) is 10.3. The van der Waals surface area contributed by atoms with Gasteiger partial charge in [-0.25, -0.2) is 4.98 Å². The van der Waals surface area contributed by atoms with Gasteiger partial charge in [-0.15, -0.1) is 11.3 Å². The zero-order valence-electron chi connectivity index (χ0n) is 12.5. The Morgan fingerprint density at radius 3 is 3.00 bits per heavy atom. The summed E-state index contributed by atoms with van der Waals surface area (Å²) in [5.74, 6) is 0.667. The maximum atomic E-state index is 5.94. The van der Waals surface area contributed by atoms with Crippen molar-refractivity contribution in [2.24, 2.45) is 11.7 Å². The summed E-state index contributed by atoms with van der Waals surface area (Å²) in [5.41, 5.74) is 8.39. The van der Waals surface area contributed by atoms with E-state index < -0.39 is 0 Å². The monoisotopic (exact) mass is 321 g/mol. The topological polar surface area (TPSA) is 42.2 Å². The van der Waals surface area contributed by atoms with E-state index in [-0.39, 0.29) is 0 Å². The second-order valence-corrected chi connectivity index (χ2v) is 7.35. The Labute approximate surface area is 134 Å². The van der Waals surface area contributed by atoms with Crippen molar-refractivity contribution >= 4 is 22.7 Å². The summed E-state index contributed by atoms with van der Waals surface area (Å²) in [6, 6.07) is 2.79. The minimum absolute atomic E-state index is 0.645. The van der Waals surface area contributed by atoms with Crippen LogP contribution in [0.1, 0.15) is 31.9 Å². The third-order valence-electron chi connectivity index (χ3n) is 4.48. The molecule has 2 unspecified atom stereocenters. The third-order valence-corrected chi connectivity index (χ3v) is 6.11. The lowest BCUT2D eigenvalue weighted by Gasteiger charge is -2.31. The molecule has 0 bridgehead atoms. The highest BCUT2D eigenvalue weighted by molar-refractivity contribution is 7.14. The van der Waals surface area contributed by atoms with E-state index in [1.165, 1.54) is 30.5 Å². The van der Waals surface area contributed by atoms with Gasteiger partial charge in [0.1, 0.15) is 5.01 Å². The number of rotatable bonds is 6. The van der Waals surface area contributed by atoms with Gasteiger partial charge in [-0.3, -0.25) is 4.90 Å². The molecule has 2 atom stereocenters. The number of thiophene rings is 1. The van der Waals surface area contributed by atoms with Crippen molar-refractivity contribution in [3.8, 4) is 10.6 Å².